The Kier molecular flexibility index (Phi) is 6.20. The summed E-state index contributed by atoms with van der Waals surface area (Å²) in [6, 6.07) is 14.0. The molecule has 5 nitrogen and oxygen atoms in total. The van der Waals surface area contributed by atoms with Gasteiger partial charge in [-0.15, -0.1) is 0 Å². The number of nitro groups is 1. The summed E-state index contributed by atoms with van der Waals surface area (Å²) in [6.45, 7) is 3.92. The molecule has 0 N–H and O–H groups in total. The maximum absolute atomic E-state index is 16.3. The van der Waals surface area contributed by atoms with Crippen molar-refractivity contribution in [3.05, 3.63) is 81.4 Å². The Morgan fingerprint density at radius 2 is 1.63 bits per heavy atom. The molecule has 0 aromatic heterocycles. The van der Waals surface area contributed by atoms with E-state index >= 15 is 4.39 Å². The molecule has 0 aliphatic heterocycles. The number of carbonyl (C=O) groups is 2. The summed E-state index contributed by atoms with van der Waals surface area (Å²) in [5.41, 5.74) is -1.89. The van der Waals surface area contributed by atoms with Gasteiger partial charge in [0.15, 0.2) is 5.78 Å². The second-order valence-corrected chi connectivity index (χ2v) is 6.90. The van der Waals surface area contributed by atoms with Crippen LogP contribution in [0.4, 0.5) is 4.39 Å². The standard InChI is InChI=1S/C21H22FNO4/c1-14(2)19(24)21(22,20(25)17-7-5-4-6-8-17)18(13-23(26)27)16-11-9-15(3)10-12-16/h4-12,14,18H,13H2,1-3H3/t18-,21+/m1/s1. The lowest BCUT2D eigenvalue weighted by Gasteiger charge is -2.31. The van der Waals surface area contributed by atoms with Gasteiger partial charge in [0.25, 0.3) is 0 Å². The van der Waals surface area contributed by atoms with Gasteiger partial charge in [0.05, 0.1) is 5.92 Å². The summed E-state index contributed by atoms with van der Waals surface area (Å²) in [7, 11) is 0. The van der Waals surface area contributed by atoms with Crippen molar-refractivity contribution < 1.29 is 18.9 Å². The third-order valence-corrected chi connectivity index (χ3v) is 4.54. The quantitative estimate of drug-likeness (QED) is 0.302. The highest BCUT2D eigenvalue weighted by atomic mass is 19.1. The second-order valence-electron chi connectivity index (χ2n) is 6.90. The number of halogens is 1. The van der Waals surface area contributed by atoms with Crippen LogP contribution in [0.2, 0.25) is 0 Å². The predicted octanol–water partition coefficient (Wildman–Crippen LogP) is 4.17. The molecular formula is C21H22FNO4. The van der Waals surface area contributed by atoms with Crippen LogP contribution in [0.3, 0.4) is 0 Å². The normalized spacial score (nSPS) is 14.4. The topological polar surface area (TPSA) is 77.3 Å². The molecule has 2 aromatic carbocycles. The van der Waals surface area contributed by atoms with Gasteiger partial charge in [0.1, 0.15) is 0 Å². The van der Waals surface area contributed by atoms with Crippen LogP contribution in [0.1, 0.15) is 41.3 Å². The molecule has 142 valence electrons. The van der Waals surface area contributed by atoms with Crippen molar-refractivity contribution in [3.63, 3.8) is 0 Å². The van der Waals surface area contributed by atoms with Crippen molar-refractivity contribution in [3.8, 4) is 0 Å². The van der Waals surface area contributed by atoms with Crippen molar-refractivity contribution in [2.45, 2.75) is 32.4 Å². The van der Waals surface area contributed by atoms with Gasteiger partial charge in [-0.2, -0.15) is 0 Å². The Labute approximate surface area is 157 Å². The molecule has 0 bridgehead atoms. The zero-order chi connectivity index (χ0) is 20.2. The average molecular weight is 371 g/mol. The largest absolute Gasteiger partial charge is 0.295 e. The highest BCUT2D eigenvalue weighted by molar-refractivity contribution is 6.18. The number of benzene rings is 2. The molecule has 0 radical (unpaired) electrons. The summed E-state index contributed by atoms with van der Waals surface area (Å²) < 4.78 is 16.3. The molecule has 2 atom stereocenters. The number of hydrogen-bond donors (Lipinski definition) is 0. The number of carbonyl (C=O) groups excluding carboxylic acids is 2. The van der Waals surface area contributed by atoms with E-state index < -0.39 is 40.5 Å². The maximum Gasteiger partial charge on any atom is 0.243 e. The average Bonchev–Trinajstić information content (AvgIpc) is 2.65. The first-order chi connectivity index (χ1) is 12.7. The molecule has 0 heterocycles. The van der Waals surface area contributed by atoms with Crippen molar-refractivity contribution in [1.82, 2.24) is 0 Å². The minimum absolute atomic E-state index is 0.00876. The molecule has 0 unspecified atom stereocenters. The number of ketones is 2. The zero-order valence-electron chi connectivity index (χ0n) is 15.5. The van der Waals surface area contributed by atoms with Gasteiger partial charge in [-0.1, -0.05) is 74.0 Å². The smallest absolute Gasteiger partial charge is 0.243 e. The number of aryl methyl sites for hydroxylation is 1. The lowest BCUT2D eigenvalue weighted by atomic mass is 9.73. The Balaban J connectivity index is 2.66. The van der Waals surface area contributed by atoms with Crippen molar-refractivity contribution in [2.75, 3.05) is 6.54 Å². The molecule has 0 spiro atoms. The molecule has 2 rings (SSSR count). The van der Waals surface area contributed by atoms with E-state index in [2.05, 4.69) is 0 Å². The lowest BCUT2D eigenvalue weighted by Crippen LogP contribution is -2.51. The molecule has 0 aliphatic rings. The van der Waals surface area contributed by atoms with Gasteiger partial charge in [-0.05, 0) is 12.5 Å². The first-order valence-corrected chi connectivity index (χ1v) is 8.69. The Morgan fingerprint density at radius 3 is 2.11 bits per heavy atom. The summed E-state index contributed by atoms with van der Waals surface area (Å²) in [5.74, 6) is -4.32. The first kappa shape index (κ1) is 20.4. The van der Waals surface area contributed by atoms with E-state index in [4.69, 9.17) is 0 Å². The van der Waals surface area contributed by atoms with Crippen LogP contribution in [0.15, 0.2) is 54.6 Å². The first-order valence-electron chi connectivity index (χ1n) is 8.69. The van der Waals surface area contributed by atoms with E-state index in [-0.39, 0.29) is 11.1 Å². The molecule has 0 amide bonds. The van der Waals surface area contributed by atoms with Gasteiger partial charge in [0.2, 0.25) is 18.0 Å². The summed E-state index contributed by atoms with van der Waals surface area (Å²) >= 11 is 0. The van der Waals surface area contributed by atoms with Crippen LogP contribution < -0.4 is 0 Å². The highest BCUT2D eigenvalue weighted by Crippen LogP contribution is 2.38. The Hall–Kier alpha value is -2.89. The number of rotatable bonds is 8. The van der Waals surface area contributed by atoms with Crippen LogP contribution in [0.5, 0.6) is 0 Å². The van der Waals surface area contributed by atoms with Crippen LogP contribution in [-0.2, 0) is 4.79 Å². The van der Waals surface area contributed by atoms with E-state index in [1.165, 1.54) is 38.1 Å². The molecule has 0 aliphatic carbocycles. The van der Waals surface area contributed by atoms with Crippen molar-refractivity contribution >= 4 is 11.6 Å². The monoisotopic (exact) mass is 371 g/mol. The Bertz CT molecular complexity index is 833. The number of hydrogen-bond acceptors (Lipinski definition) is 4. The van der Waals surface area contributed by atoms with Gasteiger partial charge in [-0.3, -0.25) is 19.7 Å². The molecule has 2 aromatic rings. The van der Waals surface area contributed by atoms with E-state index in [1.54, 1.807) is 30.3 Å². The molecular weight excluding hydrogens is 349 g/mol. The van der Waals surface area contributed by atoms with Crippen molar-refractivity contribution in [1.29, 1.82) is 0 Å². The zero-order valence-corrected chi connectivity index (χ0v) is 15.5. The van der Waals surface area contributed by atoms with E-state index in [1.807, 2.05) is 6.92 Å². The third-order valence-electron chi connectivity index (χ3n) is 4.54. The second kappa shape index (κ2) is 8.20. The fourth-order valence-corrected chi connectivity index (χ4v) is 3.07. The highest BCUT2D eigenvalue weighted by Gasteiger charge is 2.55. The van der Waals surface area contributed by atoms with Gasteiger partial charge in [-0.25, -0.2) is 4.39 Å². The molecule has 0 saturated carbocycles. The van der Waals surface area contributed by atoms with Crippen molar-refractivity contribution in [2.24, 2.45) is 5.92 Å². The minimum Gasteiger partial charge on any atom is -0.295 e. The third kappa shape index (κ3) is 4.27. The van der Waals surface area contributed by atoms with Crippen LogP contribution in [0.25, 0.3) is 0 Å². The van der Waals surface area contributed by atoms with E-state index in [0.29, 0.717) is 0 Å². The summed E-state index contributed by atoms with van der Waals surface area (Å²) in [4.78, 5) is 36.5. The number of Topliss-reactive ketones (excluding diaryl/α,β-unsaturated/α-hetero) is 2. The minimum atomic E-state index is -3.03. The fourth-order valence-electron chi connectivity index (χ4n) is 3.07. The van der Waals surface area contributed by atoms with E-state index in [9.17, 15) is 19.7 Å². The molecule has 27 heavy (non-hydrogen) atoms. The summed E-state index contributed by atoms with van der Waals surface area (Å²) in [5, 5.41) is 11.3. The van der Waals surface area contributed by atoms with Crippen LogP contribution >= 0.6 is 0 Å². The predicted molar refractivity (Wildman–Crippen MR) is 100 cm³/mol. The molecule has 6 heteroatoms. The molecule has 0 fully saturated rings. The van der Waals surface area contributed by atoms with Gasteiger partial charge >= 0.3 is 0 Å². The molecule has 0 saturated heterocycles. The van der Waals surface area contributed by atoms with Crippen LogP contribution in [0, 0.1) is 23.0 Å². The van der Waals surface area contributed by atoms with Crippen LogP contribution in [-0.4, -0.2) is 28.7 Å². The number of alkyl halides is 1. The lowest BCUT2D eigenvalue weighted by molar-refractivity contribution is -0.485. The number of nitrogens with zero attached hydrogens (tertiary/aromatic N) is 1. The van der Waals surface area contributed by atoms with Gasteiger partial charge in [0, 0.05) is 16.4 Å². The fraction of sp³-hybridized carbons (Fsp3) is 0.333. The van der Waals surface area contributed by atoms with Gasteiger partial charge < -0.3 is 0 Å². The Morgan fingerprint density at radius 1 is 1.07 bits per heavy atom. The maximum atomic E-state index is 16.3. The summed E-state index contributed by atoms with van der Waals surface area (Å²) in [6.07, 6.45) is 0. The SMILES string of the molecule is Cc1ccc([C@@H](C[N+](=O)[O-])[C@@](F)(C(=O)c2ccccc2)C(=O)C(C)C)cc1. The van der Waals surface area contributed by atoms with E-state index in [0.717, 1.165) is 5.56 Å².